The van der Waals surface area contributed by atoms with E-state index < -0.39 is 17.7 Å². The summed E-state index contributed by atoms with van der Waals surface area (Å²) in [5, 5.41) is 10.1. The van der Waals surface area contributed by atoms with Gasteiger partial charge in [-0.2, -0.15) is 0 Å². The highest BCUT2D eigenvalue weighted by Crippen LogP contribution is 2.23. The Balaban J connectivity index is 1.95. The zero-order valence-electron chi connectivity index (χ0n) is 12.7. The number of nitrogens with zero attached hydrogens (tertiary/aromatic N) is 2. The molecule has 1 aliphatic rings. The van der Waals surface area contributed by atoms with Crippen molar-refractivity contribution in [3.05, 3.63) is 35.4 Å². The summed E-state index contributed by atoms with van der Waals surface area (Å²) in [5.41, 5.74) is -0.227. The van der Waals surface area contributed by atoms with Crippen LogP contribution < -0.4 is 0 Å². The van der Waals surface area contributed by atoms with Gasteiger partial charge >= 0.3 is 0 Å². The van der Waals surface area contributed by atoms with Gasteiger partial charge in [0, 0.05) is 12.6 Å². The Morgan fingerprint density at radius 2 is 1.86 bits per heavy atom. The van der Waals surface area contributed by atoms with Gasteiger partial charge in [0.1, 0.15) is 11.6 Å². The molecule has 1 saturated heterocycles. The average molecular weight is 298 g/mol. The van der Waals surface area contributed by atoms with Gasteiger partial charge in [0.15, 0.2) is 0 Å². The Kier molecular flexibility index (Phi) is 5.67. The minimum Gasteiger partial charge on any atom is -0.387 e. The van der Waals surface area contributed by atoms with Gasteiger partial charge < -0.3 is 14.9 Å². The van der Waals surface area contributed by atoms with Crippen molar-refractivity contribution < 1.29 is 13.9 Å². The van der Waals surface area contributed by atoms with E-state index in [4.69, 9.17) is 0 Å². The monoisotopic (exact) mass is 298 g/mol. The molecule has 1 heterocycles. The summed E-state index contributed by atoms with van der Waals surface area (Å²) in [6.45, 7) is 5.52. The van der Waals surface area contributed by atoms with E-state index in [1.807, 2.05) is 11.9 Å². The predicted molar refractivity (Wildman–Crippen MR) is 79.1 cm³/mol. The molecule has 1 unspecified atom stereocenters. The second-order valence-corrected chi connectivity index (χ2v) is 5.76. The SMILES string of the molecule is CCN1CCC(N(C)CC(O)c2c(F)cccc2F)CC1. The highest BCUT2D eigenvalue weighted by atomic mass is 19.1. The van der Waals surface area contributed by atoms with E-state index in [1.165, 1.54) is 18.2 Å². The Morgan fingerprint density at radius 1 is 1.29 bits per heavy atom. The van der Waals surface area contributed by atoms with E-state index >= 15 is 0 Å². The lowest BCUT2D eigenvalue weighted by molar-refractivity contribution is 0.0713. The van der Waals surface area contributed by atoms with Crippen molar-refractivity contribution in [2.45, 2.75) is 31.9 Å². The maximum absolute atomic E-state index is 13.7. The number of piperidine rings is 1. The third-order valence-corrected chi connectivity index (χ3v) is 4.42. The molecule has 0 aromatic heterocycles. The maximum atomic E-state index is 13.7. The number of aliphatic hydroxyl groups is 1. The largest absolute Gasteiger partial charge is 0.387 e. The molecule has 21 heavy (non-hydrogen) atoms. The van der Waals surface area contributed by atoms with Gasteiger partial charge in [0.25, 0.3) is 0 Å². The number of hydrogen-bond donors (Lipinski definition) is 1. The van der Waals surface area contributed by atoms with Crippen LogP contribution in [0.15, 0.2) is 18.2 Å². The molecule has 118 valence electrons. The van der Waals surface area contributed by atoms with Gasteiger partial charge in [-0.05, 0) is 51.7 Å². The number of hydrogen-bond acceptors (Lipinski definition) is 3. The molecule has 0 saturated carbocycles. The van der Waals surface area contributed by atoms with Crippen molar-refractivity contribution in [3.8, 4) is 0 Å². The second kappa shape index (κ2) is 7.29. The van der Waals surface area contributed by atoms with Crippen LogP contribution in [0.3, 0.4) is 0 Å². The number of likely N-dealkylation sites (tertiary alicyclic amines) is 1. The van der Waals surface area contributed by atoms with Crippen LogP contribution in [0.5, 0.6) is 0 Å². The van der Waals surface area contributed by atoms with E-state index in [9.17, 15) is 13.9 Å². The predicted octanol–water partition coefficient (Wildman–Crippen LogP) is 2.41. The molecule has 3 nitrogen and oxygen atoms in total. The summed E-state index contributed by atoms with van der Waals surface area (Å²) >= 11 is 0. The van der Waals surface area contributed by atoms with E-state index in [1.54, 1.807) is 0 Å². The average Bonchev–Trinajstić information content (AvgIpc) is 2.47. The van der Waals surface area contributed by atoms with Crippen LogP contribution in [0.2, 0.25) is 0 Å². The first-order valence-corrected chi connectivity index (χ1v) is 7.57. The Morgan fingerprint density at radius 3 is 2.38 bits per heavy atom. The summed E-state index contributed by atoms with van der Waals surface area (Å²) in [5.74, 6) is -1.37. The Bertz CT molecular complexity index is 441. The fourth-order valence-electron chi connectivity index (χ4n) is 3.02. The van der Waals surface area contributed by atoms with Crippen molar-refractivity contribution >= 4 is 0 Å². The quantitative estimate of drug-likeness (QED) is 0.904. The van der Waals surface area contributed by atoms with E-state index in [-0.39, 0.29) is 12.1 Å². The van der Waals surface area contributed by atoms with Gasteiger partial charge in [-0.1, -0.05) is 13.0 Å². The molecular formula is C16H24F2N2O. The van der Waals surface area contributed by atoms with Crippen LogP contribution in [0, 0.1) is 11.6 Å². The molecule has 2 rings (SSSR count). The first-order chi connectivity index (χ1) is 10.0. The van der Waals surface area contributed by atoms with Gasteiger partial charge in [-0.15, -0.1) is 0 Å². The lowest BCUT2D eigenvalue weighted by atomic mass is 10.0. The molecule has 0 aliphatic carbocycles. The van der Waals surface area contributed by atoms with Crippen molar-refractivity contribution in [1.82, 2.24) is 9.80 Å². The first kappa shape index (κ1) is 16.3. The summed E-state index contributed by atoms with van der Waals surface area (Å²) in [4.78, 5) is 4.40. The third-order valence-electron chi connectivity index (χ3n) is 4.42. The molecular weight excluding hydrogens is 274 g/mol. The summed E-state index contributed by atoms with van der Waals surface area (Å²) in [6, 6.07) is 4.03. The molecule has 1 aromatic carbocycles. The normalized spacial score (nSPS) is 19.1. The maximum Gasteiger partial charge on any atom is 0.131 e. The number of halogens is 2. The van der Waals surface area contributed by atoms with Crippen molar-refractivity contribution in [3.63, 3.8) is 0 Å². The summed E-state index contributed by atoms with van der Waals surface area (Å²) in [7, 11) is 1.91. The van der Waals surface area contributed by atoms with E-state index in [0.29, 0.717) is 6.04 Å². The fraction of sp³-hybridized carbons (Fsp3) is 0.625. The zero-order valence-corrected chi connectivity index (χ0v) is 12.7. The molecule has 0 amide bonds. The van der Waals surface area contributed by atoms with Crippen molar-refractivity contribution in [1.29, 1.82) is 0 Å². The van der Waals surface area contributed by atoms with E-state index in [2.05, 4.69) is 11.8 Å². The topological polar surface area (TPSA) is 26.7 Å². The summed E-state index contributed by atoms with van der Waals surface area (Å²) in [6.07, 6.45) is 0.911. The number of rotatable bonds is 5. The first-order valence-electron chi connectivity index (χ1n) is 7.57. The smallest absolute Gasteiger partial charge is 0.131 e. The minimum absolute atomic E-state index is 0.227. The Hall–Kier alpha value is -1.04. The van der Waals surface area contributed by atoms with E-state index in [0.717, 1.165) is 32.5 Å². The highest BCUT2D eigenvalue weighted by Gasteiger charge is 2.25. The fourth-order valence-corrected chi connectivity index (χ4v) is 3.02. The minimum atomic E-state index is -1.14. The lowest BCUT2D eigenvalue weighted by Crippen LogP contribution is -2.44. The van der Waals surface area contributed by atoms with Crippen LogP contribution in [-0.4, -0.2) is 54.2 Å². The second-order valence-electron chi connectivity index (χ2n) is 5.76. The standard InChI is InChI=1S/C16H24F2N2O/c1-3-20-9-7-12(8-10-20)19(2)11-15(21)16-13(17)5-4-6-14(16)18/h4-6,12,15,21H,3,7-11H2,1-2H3. The van der Waals surface area contributed by atoms with Crippen LogP contribution in [0.1, 0.15) is 31.4 Å². The zero-order chi connectivity index (χ0) is 15.4. The molecule has 0 spiro atoms. The molecule has 0 radical (unpaired) electrons. The lowest BCUT2D eigenvalue weighted by Gasteiger charge is -2.37. The van der Waals surface area contributed by atoms with Gasteiger partial charge in [0.05, 0.1) is 11.7 Å². The number of benzene rings is 1. The van der Waals surface area contributed by atoms with Crippen LogP contribution in [0.25, 0.3) is 0 Å². The molecule has 0 bridgehead atoms. The third kappa shape index (κ3) is 3.99. The van der Waals surface area contributed by atoms with Crippen LogP contribution >= 0.6 is 0 Å². The summed E-state index contributed by atoms with van der Waals surface area (Å²) < 4.78 is 27.3. The van der Waals surface area contributed by atoms with Crippen molar-refractivity contribution in [2.75, 3.05) is 33.2 Å². The van der Waals surface area contributed by atoms with Gasteiger partial charge in [-0.3, -0.25) is 0 Å². The molecule has 1 aromatic rings. The number of likely N-dealkylation sites (N-methyl/N-ethyl adjacent to an activating group) is 1. The highest BCUT2D eigenvalue weighted by molar-refractivity contribution is 5.22. The Labute approximate surface area is 125 Å². The molecule has 1 N–H and O–H groups in total. The van der Waals surface area contributed by atoms with Gasteiger partial charge in [-0.25, -0.2) is 8.78 Å². The molecule has 5 heteroatoms. The molecule has 1 aliphatic heterocycles. The van der Waals surface area contributed by atoms with Crippen LogP contribution in [-0.2, 0) is 0 Å². The number of aliphatic hydroxyl groups excluding tert-OH is 1. The van der Waals surface area contributed by atoms with Gasteiger partial charge in [0.2, 0.25) is 0 Å². The van der Waals surface area contributed by atoms with Crippen molar-refractivity contribution in [2.24, 2.45) is 0 Å². The van der Waals surface area contributed by atoms with Crippen LogP contribution in [0.4, 0.5) is 8.78 Å². The molecule has 1 atom stereocenters. The molecule has 1 fully saturated rings.